The predicted molar refractivity (Wildman–Crippen MR) is 79.1 cm³/mol. The minimum absolute atomic E-state index is 0.110. The third-order valence-corrected chi connectivity index (χ3v) is 2.91. The molecule has 8 nitrogen and oxygen atoms in total. The van der Waals surface area contributed by atoms with Crippen LogP contribution in [0.4, 0.5) is 0 Å². The van der Waals surface area contributed by atoms with Crippen LogP contribution < -0.4 is 0 Å². The summed E-state index contributed by atoms with van der Waals surface area (Å²) in [4.78, 5) is 31.8. The van der Waals surface area contributed by atoms with E-state index in [1.54, 1.807) is 30.9 Å². The van der Waals surface area contributed by atoms with Crippen LogP contribution >= 0.6 is 0 Å². The highest BCUT2D eigenvalue weighted by Gasteiger charge is 1.98. The molecule has 0 aliphatic rings. The molecule has 0 bridgehead atoms. The molecule has 4 aromatic rings. The van der Waals surface area contributed by atoms with Crippen LogP contribution in [0.3, 0.4) is 0 Å². The Balaban J connectivity index is 0.000000131. The van der Waals surface area contributed by atoms with Gasteiger partial charge in [0.05, 0.1) is 34.5 Å². The number of aliphatic hydroxyl groups is 1. The second-order valence-electron chi connectivity index (χ2n) is 4.34. The van der Waals surface area contributed by atoms with Gasteiger partial charge in [0.25, 0.3) is 0 Å². The highest BCUT2D eigenvalue weighted by atomic mass is 16.3. The number of fused-ring (bicyclic) bond motifs is 2. The Labute approximate surface area is 124 Å². The first-order valence-electron chi connectivity index (χ1n) is 6.45. The number of carbonyl (C=O) groups excluding carboxylic acids is 1. The minimum atomic E-state index is -0.110. The monoisotopic (exact) mass is 296 g/mol. The first-order chi connectivity index (χ1) is 10.8. The molecule has 3 N–H and O–H groups in total. The van der Waals surface area contributed by atoms with Crippen molar-refractivity contribution in [2.75, 3.05) is 0 Å². The molecular weight excluding hydrogens is 284 g/mol. The Morgan fingerprint density at radius 1 is 1.00 bits per heavy atom. The molecule has 4 aromatic heterocycles. The smallest absolute Gasteiger partial charge is 0.193 e. The number of hydrogen-bond donors (Lipinski definition) is 3. The van der Waals surface area contributed by atoms with Crippen LogP contribution in [0.5, 0.6) is 0 Å². The molecule has 0 aromatic carbocycles. The van der Waals surface area contributed by atoms with Crippen LogP contribution in [0.25, 0.3) is 22.1 Å². The largest absolute Gasteiger partial charge is 0.388 e. The van der Waals surface area contributed by atoms with Gasteiger partial charge in [0.15, 0.2) is 17.9 Å². The van der Waals surface area contributed by atoms with Gasteiger partial charge in [-0.2, -0.15) is 0 Å². The number of aliphatic hydroxyl groups excluding tert-OH is 1. The van der Waals surface area contributed by atoms with Gasteiger partial charge in [-0.3, -0.25) is 4.79 Å². The molecule has 4 heterocycles. The average molecular weight is 296 g/mol. The highest BCUT2D eigenvalue weighted by Crippen LogP contribution is 2.07. The summed E-state index contributed by atoms with van der Waals surface area (Å²) < 4.78 is 0. The number of aromatic nitrogens is 6. The van der Waals surface area contributed by atoms with Gasteiger partial charge < -0.3 is 15.1 Å². The molecular formula is C14H12N6O2. The fraction of sp³-hybridized carbons (Fsp3) is 0.0714. The van der Waals surface area contributed by atoms with Gasteiger partial charge >= 0.3 is 0 Å². The van der Waals surface area contributed by atoms with Crippen molar-refractivity contribution in [3.05, 3.63) is 48.6 Å². The van der Waals surface area contributed by atoms with Crippen LogP contribution in [0.1, 0.15) is 16.4 Å². The fourth-order valence-corrected chi connectivity index (χ4v) is 1.87. The van der Waals surface area contributed by atoms with Gasteiger partial charge in [0, 0.05) is 12.4 Å². The van der Waals surface area contributed by atoms with Crippen molar-refractivity contribution < 1.29 is 9.90 Å². The highest BCUT2D eigenvalue weighted by molar-refractivity contribution is 5.78. The average Bonchev–Trinajstić information content (AvgIpc) is 3.22. The van der Waals surface area contributed by atoms with Crippen LogP contribution in [-0.2, 0) is 6.61 Å². The first kappa shape index (κ1) is 13.8. The van der Waals surface area contributed by atoms with E-state index in [1.807, 2.05) is 6.07 Å². The number of nitrogens with zero attached hydrogens (tertiary/aromatic N) is 4. The number of aromatic amines is 2. The van der Waals surface area contributed by atoms with Gasteiger partial charge in [-0.25, -0.2) is 19.9 Å². The van der Waals surface area contributed by atoms with Crippen LogP contribution in [0.2, 0.25) is 0 Å². The van der Waals surface area contributed by atoms with Gasteiger partial charge in [-0.1, -0.05) is 0 Å². The van der Waals surface area contributed by atoms with Crippen LogP contribution in [0, 0.1) is 0 Å². The lowest BCUT2D eigenvalue weighted by Gasteiger charge is -1.92. The van der Waals surface area contributed by atoms with Crippen LogP contribution in [0.15, 0.2) is 36.9 Å². The fourth-order valence-electron chi connectivity index (χ4n) is 1.87. The van der Waals surface area contributed by atoms with Crippen LogP contribution in [-0.4, -0.2) is 41.3 Å². The summed E-state index contributed by atoms with van der Waals surface area (Å²) in [6.07, 6.45) is 7.43. The number of nitrogens with one attached hydrogen (secondary N) is 2. The van der Waals surface area contributed by atoms with E-state index in [1.165, 1.54) is 0 Å². The Morgan fingerprint density at radius 3 is 2.27 bits per heavy atom. The van der Waals surface area contributed by atoms with Crippen molar-refractivity contribution in [3.8, 4) is 0 Å². The van der Waals surface area contributed by atoms with Crippen molar-refractivity contribution in [2.24, 2.45) is 0 Å². The third kappa shape index (κ3) is 2.81. The molecule has 0 saturated heterocycles. The molecule has 0 saturated carbocycles. The van der Waals surface area contributed by atoms with E-state index >= 15 is 0 Å². The van der Waals surface area contributed by atoms with E-state index in [0.29, 0.717) is 12.1 Å². The van der Waals surface area contributed by atoms with E-state index in [0.717, 1.165) is 22.1 Å². The number of hydrogen-bond acceptors (Lipinski definition) is 6. The van der Waals surface area contributed by atoms with Gasteiger partial charge in [0.2, 0.25) is 0 Å². The van der Waals surface area contributed by atoms with E-state index in [-0.39, 0.29) is 12.4 Å². The number of H-pyrrole nitrogens is 2. The summed E-state index contributed by atoms with van der Waals surface area (Å²) in [5.41, 5.74) is 3.34. The number of carbonyl (C=O) groups is 1. The zero-order valence-electron chi connectivity index (χ0n) is 11.4. The van der Waals surface area contributed by atoms with E-state index in [9.17, 15) is 4.79 Å². The SMILES string of the molecule is O=Cc1ncc2[nH]ccc2n1.OCc1ncc2[nH]ccc2n1. The Morgan fingerprint density at radius 2 is 1.64 bits per heavy atom. The van der Waals surface area contributed by atoms with Crippen molar-refractivity contribution in [1.29, 1.82) is 0 Å². The summed E-state index contributed by atoms with van der Waals surface area (Å²) in [6.45, 7) is -0.110. The maximum atomic E-state index is 10.2. The lowest BCUT2D eigenvalue weighted by molar-refractivity contribution is 0.111. The topological polar surface area (TPSA) is 120 Å². The molecule has 110 valence electrons. The van der Waals surface area contributed by atoms with Gasteiger partial charge in [0.1, 0.15) is 6.61 Å². The molecule has 8 heteroatoms. The quantitative estimate of drug-likeness (QED) is 0.478. The lowest BCUT2D eigenvalue weighted by Crippen LogP contribution is -1.92. The summed E-state index contributed by atoms with van der Waals surface area (Å²) in [5, 5.41) is 8.70. The second-order valence-corrected chi connectivity index (χ2v) is 4.34. The number of rotatable bonds is 2. The summed E-state index contributed by atoms with van der Waals surface area (Å²) in [7, 11) is 0. The summed E-state index contributed by atoms with van der Waals surface area (Å²) >= 11 is 0. The molecule has 0 aliphatic carbocycles. The standard InChI is InChI=1S/C7H7N3O.C7H5N3O/c2*11-4-7-9-3-6-5(10-7)1-2-8-6/h1-3,8,11H,4H2;1-4,8H. The van der Waals surface area contributed by atoms with Crippen molar-refractivity contribution >= 4 is 28.4 Å². The van der Waals surface area contributed by atoms with E-state index in [2.05, 4.69) is 29.9 Å². The molecule has 22 heavy (non-hydrogen) atoms. The zero-order valence-corrected chi connectivity index (χ0v) is 11.4. The molecule has 0 fully saturated rings. The molecule has 0 aliphatic heterocycles. The zero-order chi connectivity index (χ0) is 15.4. The predicted octanol–water partition coefficient (Wildman–Crippen LogP) is 1.22. The molecule has 0 radical (unpaired) electrons. The van der Waals surface area contributed by atoms with E-state index in [4.69, 9.17) is 5.11 Å². The summed E-state index contributed by atoms with van der Waals surface area (Å²) in [6, 6.07) is 3.64. The maximum absolute atomic E-state index is 10.2. The first-order valence-corrected chi connectivity index (χ1v) is 6.45. The lowest BCUT2D eigenvalue weighted by atomic mass is 10.4. The minimum Gasteiger partial charge on any atom is -0.388 e. The van der Waals surface area contributed by atoms with E-state index < -0.39 is 0 Å². The molecule has 0 amide bonds. The molecule has 0 spiro atoms. The molecule has 0 unspecified atom stereocenters. The normalized spacial score (nSPS) is 10.4. The number of aldehydes is 1. The third-order valence-electron chi connectivity index (χ3n) is 2.91. The van der Waals surface area contributed by atoms with Gasteiger partial charge in [-0.05, 0) is 12.1 Å². The summed E-state index contributed by atoms with van der Waals surface area (Å²) in [5.74, 6) is 0.675. The van der Waals surface area contributed by atoms with Crippen molar-refractivity contribution in [1.82, 2.24) is 29.9 Å². The molecule has 0 atom stereocenters. The Hall–Kier alpha value is -3.13. The van der Waals surface area contributed by atoms with Gasteiger partial charge in [-0.15, -0.1) is 0 Å². The Bertz CT molecular complexity index is 914. The second kappa shape index (κ2) is 6.10. The Kier molecular flexibility index (Phi) is 3.84. The van der Waals surface area contributed by atoms with Crippen molar-refractivity contribution in [2.45, 2.75) is 6.61 Å². The molecule has 4 rings (SSSR count). The maximum Gasteiger partial charge on any atom is 0.193 e. The van der Waals surface area contributed by atoms with Crippen molar-refractivity contribution in [3.63, 3.8) is 0 Å².